The molecule has 1 rings (SSSR count). The van der Waals surface area contributed by atoms with Crippen LogP contribution in [0.25, 0.3) is 0 Å². The van der Waals surface area contributed by atoms with Gasteiger partial charge in [-0.1, -0.05) is 20.3 Å². The van der Waals surface area contributed by atoms with Gasteiger partial charge in [-0.25, -0.2) is 0 Å². The van der Waals surface area contributed by atoms with Crippen LogP contribution in [0, 0.1) is 11.3 Å². The molecule has 1 saturated carbocycles. The van der Waals surface area contributed by atoms with Crippen LogP contribution < -0.4 is 11.1 Å². The number of aliphatic hydroxyl groups excluding tert-OH is 1. The van der Waals surface area contributed by atoms with E-state index in [1.54, 1.807) is 0 Å². The van der Waals surface area contributed by atoms with Gasteiger partial charge in [-0.3, -0.25) is 4.79 Å². The summed E-state index contributed by atoms with van der Waals surface area (Å²) in [6, 6.07) is -0.407. The first kappa shape index (κ1) is 13.5. The maximum atomic E-state index is 11.7. The van der Waals surface area contributed by atoms with Crippen LogP contribution in [-0.4, -0.2) is 30.2 Å². The summed E-state index contributed by atoms with van der Waals surface area (Å²) in [6.07, 6.45) is 3.90. The van der Waals surface area contributed by atoms with Crippen molar-refractivity contribution < 1.29 is 9.90 Å². The van der Waals surface area contributed by atoms with Crippen LogP contribution in [0.3, 0.4) is 0 Å². The first-order valence-electron chi connectivity index (χ1n) is 6.19. The molecule has 0 bridgehead atoms. The van der Waals surface area contributed by atoms with Crippen molar-refractivity contribution in [3.63, 3.8) is 0 Å². The molecule has 0 heterocycles. The highest BCUT2D eigenvalue weighted by Gasteiger charge is 2.42. The lowest BCUT2D eigenvalue weighted by atomic mass is 9.98. The van der Waals surface area contributed by atoms with E-state index in [1.165, 1.54) is 0 Å². The van der Waals surface area contributed by atoms with Crippen molar-refractivity contribution in [1.82, 2.24) is 5.32 Å². The Labute approximate surface area is 97.6 Å². The number of rotatable bonds is 7. The first-order valence-corrected chi connectivity index (χ1v) is 6.19. The van der Waals surface area contributed by atoms with Gasteiger partial charge < -0.3 is 16.2 Å². The van der Waals surface area contributed by atoms with Crippen LogP contribution in [-0.2, 0) is 4.79 Å². The zero-order valence-electron chi connectivity index (χ0n) is 10.3. The summed E-state index contributed by atoms with van der Waals surface area (Å²) in [5.74, 6) is 0.159. The van der Waals surface area contributed by atoms with E-state index in [0.717, 1.165) is 25.7 Å². The number of carbonyl (C=O) groups excluding carboxylic acids is 1. The number of nitrogens with two attached hydrogens (primary N) is 1. The minimum atomic E-state index is -0.407. The highest BCUT2D eigenvalue weighted by Crippen LogP contribution is 2.47. The van der Waals surface area contributed by atoms with Crippen molar-refractivity contribution in [2.24, 2.45) is 17.1 Å². The average molecular weight is 228 g/mol. The van der Waals surface area contributed by atoms with Crippen molar-refractivity contribution in [3.05, 3.63) is 0 Å². The second kappa shape index (κ2) is 5.64. The summed E-state index contributed by atoms with van der Waals surface area (Å²) < 4.78 is 0. The second-order valence-electron chi connectivity index (χ2n) is 5.10. The van der Waals surface area contributed by atoms with Gasteiger partial charge in [0, 0.05) is 13.2 Å². The van der Waals surface area contributed by atoms with E-state index >= 15 is 0 Å². The van der Waals surface area contributed by atoms with Gasteiger partial charge >= 0.3 is 0 Å². The van der Waals surface area contributed by atoms with Gasteiger partial charge in [0.2, 0.25) is 5.91 Å². The zero-order chi connectivity index (χ0) is 12.2. The van der Waals surface area contributed by atoms with Crippen LogP contribution in [0.1, 0.15) is 39.5 Å². The molecule has 94 valence electrons. The van der Waals surface area contributed by atoms with Gasteiger partial charge in [0.05, 0.1) is 6.04 Å². The molecule has 4 nitrogen and oxygen atoms in total. The van der Waals surface area contributed by atoms with Crippen molar-refractivity contribution in [2.75, 3.05) is 13.2 Å². The Balaban J connectivity index is 2.30. The summed E-state index contributed by atoms with van der Waals surface area (Å²) in [4.78, 5) is 11.7. The quantitative estimate of drug-likeness (QED) is 0.598. The fourth-order valence-corrected chi connectivity index (χ4v) is 1.83. The highest BCUT2D eigenvalue weighted by molar-refractivity contribution is 5.81. The fraction of sp³-hybridized carbons (Fsp3) is 0.917. The molecule has 0 aromatic rings. The Bertz CT molecular complexity index is 239. The molecule has 0 spiro atoms. The van der Waals surface area contributed by atoms with Crippen LogP contribution in [0.4, 0.5) is 0 Å². The Hall–Kier alpha value is -0.610. The Morgan fingerprint density at radius 1 is 1.56 bits per heavy atom. The predicted molar refractivity (Wildman–Crippen MR) is 63.8 cm³/mol. The Morgan fingerprint density at radius 2 is 2.19 bits per heavy atom. The van der Waals surface area contributed by atoms with Crippen LogP contribution in [0.2, 0.25) is 0 Å². The number of hydrogen-bond donors (Lipinski definition) is 3. The minimum Gasteiger partial charge on any atom is -0.396 e. The molecule has 4 N–H and O–H groups in total. The molecule has 16 heavy (non-hydrogen) atoms. The third kappa shape index (κ3) is 3.46. The van der Waals surface area contributed by atoms with Gasteiger partial charge in [-0.2, -0.15) is 0 Å². The third-order valence-corrected chi connectivity index (χ3v) is 3.80. The molecule has 1 aliphatic rings. The molecule has 1 amide bonds. The normalized spacial score (nSPS) is 21.2. The Morgan fingerprint density at radius 3 is 2.62 bits per heavy atom. The molecular weight excluding hydrogens is 204 g/mol. The smallest absolute Gasteiger partial charge is 0.237 e. The lowest BCUT2D eigenvalue weighted by molar-refractivity contribution is -0.123. The number of carbonyl (C=O) groups is 1. The van der Waals surface area contributed by atoms with Gasteiger partial charge in [-0.15, -0.1) is 0 Å². The molecule has 0 radical (unpaired) electrons. The first-order chi connectivity index (χ1) is 7.54. The number of aliphatic hydroxyl groups is 1. The van der Waals surface area contributed by atoms with Crippen LogP contribution in [0.15, 0.2) is 0 Å². The molecule has 0 aromatic carbocycles. The fourth-order valence-electron chi connectivity index (χ4n) is 1.83. The monoisotopic (exact) mass is 228 g/mol. The van der Waals surface area contributed by atoms with E-state index in [2.05, 4.69) is 5.32 Å². The van der Waals surface area contributed by atoms with E-state index < -0.39 is 6.04 Å². The Kier molecular flexibility index (Phi) is 4.74. The van der Waals surface area contributed by atoms with E-state index in [0.29, 0.717) is 6.54 Å². The van der Waals surface area contributed by atoms with Gasteiger partial charge in [0.1, 0.15) is 0 Å². The standard InChI is InChI=1S/C12H24N2O2/c1-3-9(2)10(13)11(16)14-8-12(4-5-12)6-7-15/h9-10,15H,3-8,13H2,1-2H3,(H,14,16)/t9?,10-/m0/s1. The van der Waals surface area contributed by atoms with E-state index in [9.17, 15) is 4.79 Å². The second-order valence-corrected chi connectivity index (χ2v) is 5.10. The number of hydrogen-bond acceptors (Lipinski definition) is 3. The minimum absolute atomic E-state index is 0.0569. The van der Waals surface area contributed by atoms with Crippen molar-refractivity contribution in [1.29, 1.82) is 0 Å². The largest absolute Gasteiger partial charge is 0.396 e. The highest BCUT2D eigenvalue weighted by atomic mass is 16.3. The van der Waals surface area contributed by atoms with Gasteiger partial charge in [0.25, 0.3) is 0 Å². The lowest BCUT2D eigenvalue weighted by Gasteiger charge is -2.20. The zero-order valence-corrected chi connectivity index (χ0v) is 10.3. The topological polar surface area (TPSA) is 75.4 Å². The summed E-state index contributed by atoms with van der Waals surface area (Å²) in [6.45, 7) is 4.89. The van der Waals surface area contributed by atoms with Crippen molar-refractivity contribution in [2.45, 2.75) is 45.6 Å². The molecule has 2 atom stereocenters. The third-order valence-electron chi connectivity index (χ3n) is 3.80. The molecule has 0 saturated heterocycles. The van der Waals surface area contributed by atoms with E-state index in [1.807, 2.05) is 13.8 Å². The summed E-state index contributed by atoms with van der Waals surface area (Å²) in [5.41, 5.74) is 6.00. The molecular formula is C12H24N2O2. The summed E-state index contributed by atoms with van der Waals surface area (Å²) in [7, 11) is 0. The predicted octanol–water partition coefficient (Wildman–Crippen LogP) is 0.639. The van der Waals surface area contributed by atoms with Crippen LogP contribution in [0.5, 0.6) is 0 Å². The van der Waals surface area contributed by atoms with Crippen molar-refractivity contribution >= 4 is 5.91 Å². The van der Waals surface area contributed by atoms with Crippen LogP contribution >= 0.6 is 0 Å². The van der Waals surface area contributed by atoms with E-state index in [4.69, 9.17) is 10.8 Å². The summed E-state index contributed by atoms with van der Waals surface area (Å²) >= 11 is 0. The van der Waals surface area contributed by atoms with Gasteiger partial charge in [-0.05, 0) is 30.6 Å². The molecule has 4 heteroatoms. The lowest BCUT2D eigenvalue weighted by Crippen LogP contribution is -2.46. The maximum absolute atomic E-state index is 11.7. The number of nitrogens with one attached hydrogen (secondary N) is 1. The molecule has 0 aliphatic heterocycles. The average Bonchev–Trinajstić information content (AvgIpc) is 3.05. The van der Waals surface area contributed by atoms with E-state index in [-0.39, 0.29) is 23.8 Å². The SMILES string of the molecule is CCC(C)[C@H](N)C(=O)NCC1(CCO)CC1. The maximum Gasteiger partial charge on any atom is 0.237 e. The molecule has 0 aromatic heterocycles. The van der Waals surface area contributed by atoms with Gasteiger partial charge in [0.15, 0.2) is 0 Å². The molecule has 1 fully saturated rings. The molecule has 1 unspecified atom stereocenters. The number of amides is 1. The summed E-state index contributed by atoms with van der Waals surface area (Å²) in [5, 5.41) is 11.8. The van der Waals surface area contributed by atoms with Crippen molar-refractivity contribution in [3.8, 4) is 0 Å². The molecule has 1 aliphatic carbocycles.